The van der Waals surface area contributed by atoms with Crippen LogP contribution in [0.25, 0.3) is 6.08 Å². The molecule has 1 aromatic carbocycles. The molecule has 12 heavy (non-hydrogen) atoms. The number of benzene rings is 1. The van der Waals surface area contributed by atoms with Gasteiger partial charge in [-0.15, -0.1) is 0 Å². The van der Waals surface area contributed by atoms with Crippen molar-refractivity contribution >= 4 is 17.7 Å². The molecule has 1 N–H and O–H groups in total. The first kappa shape index (κ1) is 9.30. The Balaban J connectivity index is 2.97. The van der Waals surface area contributed by atoms with Crippen molar-refractivity contribution in [3.63, 3.8) is 0 Å². The van der Waals surface area contributed by atoms with E-state index in [0.29, 0.717) is 5.02 Å². The van der Waals surface area contributed by atoms with E-state index in [4.69, 9.17) is 16.7 Å². The van der Waals surface area contributed by atoms with E-state index in [9.17, 15) is 0 Å². The molecule has 0 radical (unpaired) electrons. The van der Waals surface area contributed by atoms with E-state index < -0.39 is 0 Å². The lowest BCUT2D eigenvalue weighted by molar-refractivity contribution is 0.343. The summed E-state index contributed by atoms with van der Waals surface area (Å²) in [5, 5.41) is 9.27. The number of hydrogen-bond acceptors (Lipinski definition) is 1. The number of aliphatic hydroxyl groups excluding tert-OH is 1. The van der Waals surface area contributed by atoms with Crippen molar-refractivity contribution in [1.82, 2.24) is 0 Å². The Morgan fingerprint density at radius 3 is 2.92 bits per heavy atom. The van der Waals surface area contributed by atoms with Crippen LogP contribution in [0.3, 0.4) is 0 Å². The van der Waals surface area contributed by atoms with Gasteiger partial charge in [0, 0.05) is 5.02 Å². The summed E-state index contributed by atoms with van der Waals surface area (Å²) in [6, 6.07) is 5.79. The first-order chi connectivity index (χ1) is 5.74. The smallest absolute Gasteiger partial charge is 0.0615 e. The van der Waals surface area contributed by atoms with E-state index in [1.807, 2.05) is 31.2 Å². The molecule has 0 saturated carbocycles. The average molecular weight is 183 g/mol. The van der Waals surface area contributed by atoms with Crippen molar-refractivity contribution in [1.29, 1.82) is 0 Å². The molecule has 0 saturated heterocycles. The first-order valence-corrected chi connectivity index (χ1v) is 4.15. The minimum Gasteiger partial charge on any atom is -0.392 e. The maximum atomic E-state index is 8.56. The zero-order chi connectivity index (χ0) is 8.97. The van der Waals surface area contributed by atoms with Gasteiger partial charge < -0.3 is 5.11 Å². The normalized spacial score (nSPS) is 10.9. The number of hydrogen-bond donors (Lipinski definition) is 1. The minimum absolute atomic E-state index is 0.0459. The summed E-state index contributed by atoms with van der Waals surface area (Å²) in [6.45, 7) is 2.05. The fourth-order valence-corrected chi connectivity index (χ4v) is 1.15. The second kappa shape index (κ2) is 4.29. The van der Waals surface area contributed by atoms with Crippen LogP contribution in [-0.2, 0) is 0 Å². The van der Waals surface area contributed by atoms with Gasteiger partial charge in [0.1, 0.15) is 0 Å². The predicted octanol–water partition coefficient (Wildman–Crippen LogP) is 2.65. The molecule has 0 bridgehead atoms. The van der Waals surface area contributed by atoms with Crippen molar-refractivity contribution in [2.24, 2.45) is 0 Å². The summed E-state index contributed by atoms with van der Waals surface area (Å²) in [6.07, 6.45) is 3.48. The Morgan fingerprint density at radius 2 is 2.25 bits per heavy atom. The van der Waals surface area contributed by atoms with E-state index >= 15 is 0 Å². The molecule has 0 aliphatic carbocycles. The zero-order valence-corrected chi connectivity index (χ0v) is 7.67. The van der Waals surface area contributed by atoms with Gasteiger partial charge in [-0.3, -0.25) is 0 Å². The van der Waals surface area contributed by atoms with E-state index in [-0.39, 0.29) is 6.61 Å². The topological polar surface area (TPSA) is 20.2 Å². The van der Waals surface area contributed by atoms with Gasteiger partial charge in [-0.05, 0) is 18.6 Å². The molecule has 0 aliphatic heterocycles. The Hall–Kier alpha value is -0.790. The van der Waals surface area contributed by atoms with Crippen molar-refractivity contribution in [2.75, 3.05) is 6.61 Å². The number of aliphatic hydroxyl groups is 1. The van der Waals surface area contributed by atoms with Gasteiger partial charge in [0.2, 0.25) is 0 Å². The van der Waals surface area contributed by atoms with Crippen LogP contribution in [0.15, 0.2) is 24.3 Å². The summed E-state index contributed by atoms with van der Waals surface area (Å²) in [5.41, 5.74) is 2.11. The Bertz CT molecular complexity index is 292. The fraction of sp³-hybridized carbons (Fsp3) is 0.200. The van der Waals surface area contributed by atoms with Gasteiger partial charge in [-0.2, -0.15) is 0 Å². The maximum absolute atomic E-state index is 8.56. The van der Waals surface area contributed by atoms with E-state index in [1.165, 1.54) is 0 Å². The highest BCUT2D eigenvalue weighted by Crippen LogP contribution is 2.18. The van der Waals surface area contributed by atoms with Crippen LogP contribution in [0, 0.1) is 6.92 Å². The largest absolute Gasteiger partial charge is 0.392 e. The van der Waals surface area contributed by atoms with Gasteiger partial charge in [0.05, 0.1) is 6.61 Å². The summed E-state index contributed by atoms with van der Waals surface area (Å²) in [7, 11) is 0. The van der Waals surface area contributed by atoms with E-state index in [2.05, 4.69) is 0 Å². The number of halogens is 1. The third-order valence-corrected chi connectivity index (χ3v) is 1.90. The summed E-state index contributed by atoms with van der Waals surface area (Å²) >= 11 is 5.90. The molecule has 0 amide bonds. The Labute approximate surface area is 77.3 Å². The number of rotatable bonds is 2. The number of aryl methyl sites for hydroxylation is 1. The van der Waals surface area contributed by atoms with Crippen molar-refractivity contribution in [3.8, 4) is 0 Å². The second-order valence-electron chi connectivity index (χ2n) is 2.61. The second-order valence-corrected chi connectivity index (χ2v) is 3.02. The van der Waals surface area contributed by atoms with Crippen molar-refractivity contribution in [3.05, 3.63) is 40.4 Å². The molecule has 1 nitrogen and oxygen atoms in total. The maximum Gasteiger partial charge on any atom is 0.0615 e. The minimum atomic E-state index is 0.0459. The van der Waals surface area contributed by atoms with Gasteiger partial charge >= 0.3 is 0 Å². The van der Waals surface area contributed by atoms with Crippen LogP contribution in [0.4, 0.5) is 0 Å². The quantitative estimate of drug-likeness (QED) is 0.746. The molecular formula is C10H11ClO. The van der Waals surface area contributed by atoms with Crippen LogP contribution < -0.4 is 0 Å². The molecular weight excluding hydrogens is 172 g/mol. The summed E-state index contributed by atoms with van der Waals surface area (Å²) in [4.78, 5) is 0. The molecule has 1 rings (SSSR count). The molecule has 0 unspecified atom stereocenters. The molecule has 2 heteroatoms. The van der Waals surface area contributed by atoms with Crippen LogP contribution in [0.2, 0.25) is 5.02 Å². The van der Waals surface area contributed by atoms with E-state index in [1.54, 1.807) is 6.08 Å². The van der Waals surface area contributed by atoms with Crippen molar-refractivity contribution < 1.29 is 5.11 Å². The zero-order valence-electron chi connectivity index (χ0n) is 6.92. The predicted molar refractivity (Wildman–Crippen MR) is 52.3 cm³/mol. The summed E-state index contributed by atoms with van der Waals surface area (Å²) < 4.78 is 0. The molecule has 0 heterocycles. The molecule has 1 aromatic rings. The van der Waals surface area contributed by atoms with Gasteiger partial charge in [-0.1, -0.05) is 41.4 Å². The lowest BCUT2D eigenvalue weighted by atomic mass is 10.1. The molecule has 0 atom stereocenters. The van der Waals surface area contributed by atoms with Crippen LogP contribution in [-0.4, -0.2) is 11.7 Å². The van der Waals surface area contributed by atoms with Gasteiger partial charge in [-0.25, -0.2) is 0 Å². The summed E-state index contributed by atoms with van der Waals surface area (Å²) in [5.74, 6) is 0. The monoisotopic (exact) mass is 182 g/mol. The lowest BCUT2D eigenvalue weighted by Crippen LogP contribution is -1.79. The average Bonchev–Trinajstić information content (AvgIpc) is 2.07. The SMILES string of the molecule is Cc1ccc(Cl)c(C=CCO)c1. The highest BCUT2D eigenvalue weighted by Gasteiger charge is 1.94. The Morgan fingerprint density at radius 1 is 1.50 bits per heavy atom. The standard InChI is InChI=1S/C10H11ClO/c1-8-4-5-10(11)9(7-8)3-2-6-12/h2-5,7,12H,6H2,1H3. The highest BCUT2D eigenvalue weighted by molar-refractivity contribution is 6.32. The highest BCUT2D eigenvalue weighted by atomic mass is 35.5. The van der Waals surface area contributed by atoms with Crippen LogP contribution in [0.5, 0.6) is 0 Å². The van der Waals surface area contributed by atoms with E-state index in [0.717, 1.165) is 11.1 Å². The molecule has 0 aromatic heterocycles. The van der Waals surface area contributed by atoms with Gasteiger partial charge in [0.25, 0.3) is 0 Å². The Kier molecular flexibility index (Phi) is 3.32. The third kappa shape index (κ3) is 2.36. The molecule has 64 valence electrons. The fourth-order valence-electron chi connectivity index (χ4n) is 0.971. The van der Waals surface area contributed by atoms with Crippen LogP contribution >= 0.6 is 11.6 Å². The first-order valence-electron chi connectivity index (χ1n) is 3.77. The molecule has 0 aliphatic rings. The van der Waals surface area contributed by atoms with Crippen molar-refractivity contribution in [2.45, 2.75) is 6.92 Å². The molecule has 0 spiro atoms. The molecule has 0 fully saturated rings. The lowest BCUT2D eigenvalue weighted by Gasteiger charge is -1.98. The third-order valence-electron chi connectivity index (χ3n) is 1.55. The van der Waals surface area contributed by atoms with Gasteiger partial charge in [0.15, 0.2) is 0 Å². The van der Waals surface area contributed by atoms with Crippen LogP contribution in [0.1, 0.15) is 11.1 Å².